The Balaban J connectivity index is 0.995. The van der Waals surface area contributed by atoms with E-state index >= 15 is 0 Å². The van der Waals surface area contributed by atoms with Crippen molar-refractivity contribution in [1.29, 1.82) is 0 Å². The van der Waals surface area contributed by atoms with Gasteiger partial charge < -0.3 is 18.9 Å². The molecule has 2 aliphatic heterocycles. The summed E-state index contributed by atoms with van der Waals surface area (Å²) in [5.41, 5.74) is 35.5. The number of hydrogen-bond donors (Lipinski definition) is 0. The standard InChI is InChI=1S/C98H80N4/c1-96(2,3)67-52-79(61-30-14-10-15-31-61)94(80(53-67)62-32-16-11-17-33-62)101-87-58-70(99-84-43-27-24-40-73(84)74-41-25-28-44-85(74)99)46-48-76(87)92-77-49-47-71(100-86-45-29-26-42-75(86)83-51-66-50-65-38-22-23-39-72(65)78(66)60-89(83)100)59-88(77)102(91-57-69(98(7,8)9)56-90(101)93(91)92)95-81(63-34-18-12-19-35-63)54-68(97(4,5)6)55-82(95)64-36-20-13-21-37-64/h10-49,51-60,92H,50H2,1-9H3. The van der Waals surface area contributed by atoms with Gasteiger partial charge in [-0.25, -0.2) is 0 Å². The van der Waals surface area contributed by atoms with Crippen LogP contribution in [0.15, 0.2) is 303 Å². The second kappa shape index (κ2) is 22.9. The molecule has 492 valence electrons. The van der Waals surface area contributed by atoms with Crippen molar-refractivity contribution >= 4 is 77.7 Å². The quantitative estimate of drug-likeness (QED) is 0.151. The van der Waals surface area contributed by atoms with Crippen molar-refractivity contribution in [2.45, 2.75) is 90.9 Å². The zero-order valence-corrected chi connectivity index (χ0v) is 59.4. The number of para-hydroxylation sites is 3. The van der Waals surface area contributed by atoms with Gasteiger partial charge in [0.25, 0.3) is 0 Å². The van der Waals surface area contributed by atoms with Crippen LogP contribution in [-0.2, 0) is 22.7 Å². The third kappa shape index (κ3) is 9.63. The van der Waals surface area contributed by atoms with E-state index in [0.717, 1.165) is 74.2 Å². The van der Waals surface area contributed by atoms with Gasteiger partial charge in [-0.1, -0.05) is 275 Å². The summed E-state index contributed by atoms with van der Waals surface area (Å²) >= 11 is 0. The minimum atomic E-state index is -0.325. The number of hydrogen-bond acceptors (Lipinski definition) is 2. The summed E-state index contributed by atoms with van der Waals surface area (Å²) in [7, 11) is 0. The van der Waals surface area contributed by atoms with Gasteiger partial charge >= 0.3 is 0 Å². The minimum Gasteiger partial charge on any atom is -0.309 e. The highest BCUT2D eigenvalue weighted by Gasteiger charge is 2.45. The summed E-state index contributed by atoms with van der Waals surface area (Å²) in [5.74, 6) is -0.232. The molecule has 16 aromatic rings. The minimum absolute atomic E-state index is 0.186. The van der Waals surface area contributed by atoms with Crippen LogP contribution in [0.2, 0.25) is 0 Å². The normalized spacial score (nSPS) is 14.0. The van der Waals surface area contributed by atoms with Gasteiger partial charge in [-0.3, -0.25) is 0 Å². The van der Waals surface area contributed by atoms with Gasteiger partial charge in [0.2, 0.25) is 0 Å². The van der Waals surface area contributed by atoms with E-state index in [9.17, 15) is 0 Å². The van der Waals surface area contributed by atoms with Gasteiger partial charge in [0.1, 0.15) is 0 Å². The average molecular weight is 1310 g/mol. The SMILES string of the molecule is CC(C)(C)c1cc(-c2ccccc2)c(N2c3cc(-n4c5ccccc5c5ccccc54)ccc3C3c4ccc(-n5c6ccccc6c6cc7c(cc65)-c5ccccc5C7)cc4N(c4c(-c5ccccc5)cc(C(C)(C)C)cc4-c4ccccc4)c4cc(C(C)(C)C)cc2c43)c(-c2ccccc2)c1. The van der Waals surface area contributed by atoms with Gasteiger partial charge in [-0.15, -0.1) is 0 Å². The van der Waals surface area contributed by atoms with E-state index < -0.39 is 0 Å². The van der Waals surface area contributed by atoms with E-state index in [0.29, 0.717) is 0 Å². The monoisotopic (exact) mass is 1310 g/mol. The molecule has 0 amide bonds. The van der Waals surface area contributed by atoms with Crippen LogP contribution in [0.4, 0.5) is 34.1 Å². The predicted octanol–water partition coefficient (Wildman–Crippen LogP) is 26.8. The molecule has 0 spiro atoms. The van der Waals surface area contributed by atoms with Gasteiger partial charge in [0, 0.05) is 66.7 Å². The van der Waals surface area contributed by atoms with Crippen molar-refractivity contribution in [2.24, 2.45) is 0 Å². The largest absolute Gasteiger partial charge is 0.309 e. The van der Waals surface area contributed by atoms with Crippen LogP contribution in [0.1, 0.15) is 113 Å². The van der Waals surface area contributed by atoms with Crippen molar-refractivity contribution in [2.75, 3.05) is 9.80 Å². The molecule has 1 unspecified atom stereocenters. The molecular formula is C98H80N4. The molecule has 4 heteroatoms. The lowest BCUT2D eigenvalue weighted by atomic mass is 9.73. The molecule has 14 aromatic carbocycles. The highest BCUT2D eigenvalue weighted by molar-refractivity contribution is 6.13. The topological polar surface area (TPSA) is 16.3 Å². The van der Waals surface area contributed by atoms with E-state index in [2.05, 4.69) is 385 Å². The molecule has 2 aromatic heterocycles. The Morgan fingerprint density at radius 3 is 1.03 bits per heavy atom. The van der Waals surface area contributed by atoms with Crippen LogP contribution in [-0.4, -0.2) is 9.13 Å². The molecule has 102 heavy (non-hydrogen) atoms. The van der Waals surface area contributed by atoms with Crippen molar-refractivity contribution in [1.82, 2.24) is 9.13 Å². The number of fused-ring (bicyclic) bond motifs is 13. The Bertz CT molecular complexity index is 5910. The van der Waals surface area contributed by atoms with E-state index in [-0.39, 0.29) is 22.2 Å². The molecule has 0 radical (unpaired) electrons. The highest BCUT2D eigenvalue weighted by Crippen LogP contribution is 2.65. The first-order chi connectivity index (χ1) is 49.5. The second-order valence-corrected chi connectivity index (χ2v) is 31.7. The lowest BCUT2D eigenvalue weighted by Gasteiger charge is -2.47. The zero-order chi connectivity index (χ0) is 69.1. The maximum absolute atomic E-state index is 2.75. The Morgan fingerprint density at radius 1 is 0.265 bits per heavy atom. The average Bonchev–Trinajstić information content (AvgIpc) is 0.811. The fourth-order valence-corrected chi connectivity index (χ4v) is 17.2. The van der Waals surface area contributed by atoms with E-state index in [1.165, 1.54) is 122 Å². The molecular weight excluding hydrogens is 1230 g/mol. The predicted molar refractivity (Wildman–Crippen MR) is 432 cm³/mol. The summed E-state index contributed by atoms with van der Waals surface area (Å²) < 4.78 is 5.08. The molecule has 0 saturated carbocycles. The first-order valence-corrected chi connectivity index (χ1v) is 36.3. The Hall–Kier alpha value is -11.7. The second-order valence-electron chi connectivity index (χ2n) is 31.7. The molecule has 0 fully saturated rings. The molecule has 0 saturated heterocycles. The molecule has 1 atom stereocenters. The summed E-state index contributed by atoms with van der Waals surface area (Å²) in [4.78, 5) is 5.48. The summed E-state index contributed by atoms with van der Waals surface area (Å²) in [6.07, 6.45) is 0.929. The van der Waals surface area contributed by atoms with Gasteiger partial charge in [0.15, 0.2) is 0 Å². The zero-order valence-electron chi connectivity index (χ0n) is 59.4. The van der Waals surface area contributed by atoms with Crippen LogP contribution >= 0.6 is 0 Å². The summed E-state index contributed by atoms with van der Waals surface area (Å²) in [6.45, 7) is 21.4. The molecule has 4 heterocycles. The van der Waals surface area contributed by atoms with Gasteiger partial charge in [0.05, 0.1) is 56.2 Å². The van der Waals surface area contributed by atoms with E-state index in [1.54, 1.807) is 0 Å². The first kappa shape index (κ1) is 61.4. The van der Waals surface area contributed by atoms with Crippen molar-refractivity contribution in [3.63, 3.8) is 0 Å². The van der Waals surface area contributed by atoms with Crippen LogP contribution < -0.4 is 9.80 Å². The van der Waals surface area contributed by atoms with E-state index in [4.69, 9.17) is 0 Å². The fraction of sp³-hybridized carbons (Fsp3) is 0.143. The summed E-state index contributed by atoms with van der Waals surface area (Å²) in [6, 6.07) is 116. The third-order valence-corrected chi connectivity index (χ3v) is 22.3. The number of rotatable bonds is 8. The number of anilines is 6. The number of benzene rings is 14. The number of nitrogens with zero attached hydrogens (tertiary/aromatic N) is 4. The first-order valence-electron chi connectivity index (χ1n) is 36.3. The smallest absolute Gasteiger partial charge is 0.0618 e. The van der Waals surface area contributed by atoms with Gasteiger partial charge in [-0.2, -0.15) is 0 Å². The van der Waals surface area contributed by atoms with Crippen LogP contribution in [0, 0.1) is 0 Å². The fourth-order valence-electron chi connectivity index (χ4n) is 17.2. The Morgan fingerprint density at radius 2 is 0.618 bits per heavy atom. The van der Waals surface area contributed by atoms with Crippen LogP contribution in [0.5, 0.6) is 0 Å². The summed E-state index contributed by atoms with van der Waals surface area (Å²) in [5, 5.41) is 4.99. The number of aromatic nitrogens is 2. The van der Waals surface area contributed by atoms with Crippen LogP contribution in [0.3, 0.4) is 0 Å². The Kier molecular flexibility index (Phi) is 13.8. The molecule has 0 N–H and O–H groups in total. The molecule has 3 aliphatic rings. The molecule has 0 bridgehead atoms. The van der Waals surface area contributed by atoms with E-state index in [1.807, 2.05) is 0 Å². The molecule has 4 nitrogen and oxygen atoms in total. The van der Waals surface area contributed by atoms with Gasteiger partial charge in [-0.05, 0) is 186 Å². The maximum atomic E-state index is 2.75. The molecule has 1 aliphatic carbocycles. The lowest BCUT2D eigenvalue weighted by molar-refractivity contribution is 0.589. The maximum Gasteiger partial charge on any atom is 0.0618 e. The molecule has 19 rings (SSSR count). The third-order valence-electron chi connectivity index (χ3n) is 22.3. The highest BCUT2D eigenvalue weighted by atomic mass is 15.2. The van der Waals surface area contributed by atoms with Crippen molar-refractivity contribution < 1.29 is 0 Å². The Labute approximate surface area is 598 Å². The van der Waals surface area contributed by atoms with Crippen molar-refractivity contribution in [3.05, 3.63) is 348 Å². The lowest BCUT2D eigenvalue weighted by Crippen LogP contribution is -2.31. The van der Waals surface area contributed by atoms with Crippen molar-refractivity contribution in [3.8, 4) is 67.0 Å². The van der Waals surface area contributed by atoms with Crippen LogP contribution in [0.25, 0.3) is 111 Å².